The number of nitrogens with zero attached hydrogens (tertiary/aromatic N) is 4. The van der Waals surface area contributed by atoms with Gasteiger partial charge in [-0.05, 0) is 38.8 Å². The van der Waals surface area contributed by atoms with E-state index in [1.807, 2.05) is 18.7 Å². The molecule has 3 aliphatic heterocycles. The van der Waals surface area contributed by atoms with Crippen LogP contribution in [0.2, 0.25) is 0 Å². The van der Waals surface area contributed by atoms with Crippen molar-refractivity contribution in [2.45, 2.75) is 39.3 Å². The fraction of sp³-hybridized carbons (Fsp3) is 0.474. The number of amides is 2. The van der Waals surface area contributed by atoms with Gasteiger partial charge in [0.25, 0.3) is 5.91 Å². The molecule has 2 aromatic heterocycles. The first kappa shape index (κ1) is 17.5. The lowest BCUT2D eigenvalue weighted by molar-refractivity contribution is -0.140. The number of rotatable bonds is 3. The van der Waals surface area contributed by atoms with Gasteiger partial charge in [0, 0.05) is 30.9 Å². The smallest absolute Gasteiger partial charge is 0.255 e. The van der Waals surface area contributed by atoms with Gasteiger partial charge in [-0.3, -0.25) is 9.59 Å². The maximum Gasteiger partial charge on any atom is 0.255 e. The van der Waals surface area contributed by atoms with Crippen LogP contribution in [0.1, 0.15) is 40.2 Å². The predicted molar refractivity (Wildman–Crippen MR) is 97.6 cm³/mol. The number of carbonyl (C=O) groups excluding carboxylic acids is 2. The summed E-state index contributed by atoms with van der Waals surface area (Å²) in [5.74, 6) is 0.947. The summed E-state index contributed by atoms with van der Waals surface area (Å²) in [6.07, 6.45) is 3.20. The van der Waals surface area contributed by atoms with E-state index in [0.29, 0.717) is 31.0 Å². The van der Waals surface area contributed by atoms with Crippen LogP contribution in [0.3, 0.4) is 0 Å². The molecule has 5 rings (SSSR count). The number of hydrogen-bond donors (Lipinski definition) is 1. The maximum atomic E-state index is 13.0. The number of fused-ring (bicyclic) bond motifs is 4. The minimum absolute atomic E-state index is 0.00404. The molecule has 0 aliphatic carbocycles. The van der Waals surface area contributed by atoms with E-state index >= 15 is 0 Å². The molecule has 142 valence electrons. The summed E-state index contributed by atoms with van der Waals surface area (Å²) in [4.78, 5) is 33.6. The third-order valence-corrected chi connectivity index (χ3v) is 5.62. The van der Waals surface area contributed by atoms with Crippen LogP contribution in [0, 0.1) is 19.8 Å². The molecule has 2 atom stereocenters. The zero-order chi connectivity index (χ0) is 19.1. The number of pyridine rings is 1. The van der Waals surface area contributed by atoms with Gasteiger partial charge in [0.05, 0.1) is 23.7 Å². The minimum Gasteiger partial charge on any atom is -0.384 e. The van der Waals surface area contributed by atoms with Gasteiger partial charge >= 0.3 is 0 Å². The van der Waals surface area contributed by atoms with Crippen molar-refractivity contribution in [1.29, 1.82) is 0 Å². The molecule has 5 heterocycles. The number of piperidine rings is 1. The fourth-order valence-corrected chi connectivity index (χ4v) is 4.03. The molecule has 2 aromatic rings. The number of nitrogens with two attached hydrogens (primary N) is 1. The largest absolute Gasteiger partial charge is 0.384 e. The molecule has 27 heavy (non-hydrogen) atoms. The van der Waals surface area contributed by atoms with Crippen molar-refractivity contribution in [3.63, 3.8) is 0 Å². The Morgan fingerprint density at radius 1 is 1.30 bits per heavy atom. The standard InChI is InChI=1S/C19H23N5O3/c1-11-16(12(2)27-22-11)10-24-15-5-3-14(19(24)26)8-23(9-15)18(25)13-4-6-17(20)21-7-13/h4,6-7,14-15H,3,5,8-10H2,1-2H3,(H2,20,21)/t14-,15+/m0/s1. The SMILES string of the molecule is Cc1noc(C)c1CN1C(=O)[C@H]2CC[C@@H]1CN(C(=O)c1ccc(N)nc1)C2. The highest BCUT2D eigenvalue weighted by atomic mass is 16.5. The van der Waals surface area contributed by atoms with E-state index in [-0.39, 0.29) is 23.8 Å². The fourth-order valence-electron chi connectivity index (χ4n) is 4.03. The van der Waals surface area contributed by atoms with Crippen LogP contribution in [0.4, 0.5) is 5.82 Å². The van der Waals surface area contributed by atoms with E-state index in [2.05, 4.69) is 10.1 Å². The number of carbonyl (C=O) groups is 2. The van der Waals surface area contributed by atoms with Crippen molar-refractivity contribution >= 4 is 17.6 Å². The highest BCUT2D eigenvalue weighted by Crippen LogP contribution is 2.32. The lowest BCUT2D eigenvalue weighted by atomic mass is 9.93. The van der Waals surface area contributed by atoms with E-state index < -0.39 is 0 Å². The second-order valence-electron chi connectivity index (χ2n) is 7.38. The third kappa shape index (κ3) is 3.15. The summed E-state index contributed by atoms with van der Waals surface area (Å²) in [6, 6.07) is 3.30. The first-order valence-corrected chi connectivity index (χ1v) is 9.17. The molecule has 8 heteroatoms. The van der Waals surface area contributed by atoms with Crippen LogP contribution in [0.25, 0.3) is 0 Å². The lowest BCUT2D eigenvalue weighted by Crippen LogP contribution is -2.47. The zero-order valence-corrected chi connectivity index (χ0v) is 15.5. The number of anilines is 1. The second kappa shape index (κ2) is 6.68. The van der Waals surface area contributed by atoms with Gasteiger partial charge in [0.1, 0.15) is 11.6 Å². The van der Waals surface area contributed by atoms with Crippen molar-refractivity contribution < 1.29 is 14.1 Å². The predicted octanol–water partition coefficient (Wildman–Crippen LogP) is 1.53. The number of aryl methyl sites for hydroxylation is 2. The Morgan fingerprint density at radius 2 is 2.11 bits per heavy atom. The molecule has 2 bridgehead atoms. The summed E-state index contributed by atoms with van der Waals surface area (Å²) in [5, 5.41) is 3.99. The topological polar surface area (TPSA) is 106 Å². The highest BCUT2D eigenvalue weighted by Gasteiger charge is 2.42. The molecule has 3 fully saturated rings. The Morgan fingerprint density at radius 3 is 2.78 bits per heavy atom. The normalized spacial score (nSPS) is 22.2. The molecule has 2 amide bonds. The van der Waals surface area contributed by atoms with Crippen molar-refractivity contribution in [3.8, 4) is 0 Å². The Bertz CT molecular complexity index is 856. The first-order chi connectivity index (χ1) is 12.9. The van der Waals surface area contributed by atoms with Gasteiger partial charge in [-0.25, -0.2) is 4.98 Å². The van der Waals surface area contributed by atoms with Crippen LogP contribution in [0.5, 0.6) is 0 Å². The Hall–Kier alpha value is -2.90. The van der Waals surface area contributed by atoms with E-state index in [1.54, 1.807) is 17.0 Å². The molecule has 0 spiro atoms. The Kier molecular flexibility index (Phi) is 4.33. The molecule has 0 aromatic carbocycles. The summed E-state index contributed by atoms with van der Waals surface area (Å²) >= 11 is 0. The van der Waals surface area contributed by atoms with E-state index in [4.69, 9.17) is 10.3 Å². The quantitative estimate of drug-likeness (QED) is 0.880. The Balaban J connectivity index is 1.57. The lowest BCUT2D eigenvalue weighted by Gasteiger charge is -2.35. The molecule has 0 radical (unpaired) electrons. The average molecular weight is 369 g/mol. The average Bonchev–Trinajstić information content (AvgIpc) is 2.83. The van der Waals surface area contributed by atoms with Crippen molar-refractivity contribution in [2.75, 3.05) is 18.8 Å². The summed E-state index contributed by atoms with van der Waals surface area (Å²) in [7, 11) is 0. The van der Waals surface area contributed by atoms with Crippen LogP contribution in [-0.2, 0) is 11.3 Å². The molecule has 0 saturated carbocycles. The van der Waals surface area contributed by atoms with Crippen molar-refractivity contribution in [2.24, 2.45) is 5.92 Å². The maximum absolute atomic E-state index is 13.0. The van der Waals surface area contributed by atoms with Crippen LogP contribution in [0.15, 0.2) is 22.9 Å². The monoisotopic (exact) mass is 369 g/mol. The van der Waals surface area contributed by atoms with Gasteiger partial charge in [0.15, 0.2) is 0 Å². The molecule has 2 N–H and O–H groups in total. The van der Waals surface area contributed by atoms with Gasteiger partial charge < -0.3 is 20.1 Å². The van der Waals surface area contributed by atoms with Crippen LogP contribution in [-0.4, -0.2) is 50.9 Å². The van der Waals surface area contributed by atoms with E-state index in [1.165, 1.54) is 6.20 Å². The number of nitrogen functional groups attached to an aromatic ring is 1. The minimum atomic E-state index is -0.171. The van der Waals surface area contributed by atoms with E-state index in [0.717, 1.165) is 29.9 Å². The molecular formula is C19H23N5O3. The second-order valence-corrected chi connectivity index (χ2v) is 7.38. The zero-order valence-electron chi connectivity index (χ0n) is 15.5. The third-order valence-electron chi connectivity index (χ3n) is 5.62. The summed E-state index contributed by atoms with van der Waals surface area (Å²) < 4.78 is 5.24. The van der Waals surface area contributed by atoms with Gasteiger partial charge in [0.2, 0.25) is 5.91 Å². The van der Waals surface area contributed by atoms with Crippen molar-refractivity contribution in [1.82, 2.24) is 19.9 Å². The summed E-state index contributed by atoms with van der Waals surface area (Å²) in [5.41, 5.74) is 7.87. The van der Waals surface area contributed by atoms with Crippen LogP contribution >= 0.6 is 0 Å². The van der Waals surface area contributed by atoms with Gasteiger partial charge in [-0.15, -0.1) is 0 Å². The molecule has 8 nitrogen and oxygen atoms in total. The number of hydrogen-bond acceptors (Lipinski definition) is 6. The van der Waals surface area contributed by atoms with Gasteiger partial charge in [-0.2, -0.15) is 0 Å². The molecule has 0 unspecified atom stereocenters. The molecule has 3 saturated heterocycles. The summed E-state index contributed by atoms with van der Waals surface area (Å²) in [6.45, 7) is 5.19. The highest BCUT2D eigenvalue weighted by molar-refractivity contribution is 5.95. The van der Waals surface area contributed by atoms with E-state index in [9.17, 15) is 9.59 Å². The first-order valence-electron chi connectivity index (χ1n) is 9.17. The Labute approximate surface area is 157 Å². The number of aromatic nitrogens is 2. The van der Waals surface area contributed by atoms with Crippen molar-refractivity contribution in [3.05, 3.63) is 40.9 Å². The molecule has 3 aliphatic rings. The molecular weight excluding hydrogens is 346 g/mol. The van der Waals surface area contributed by atoms with Crippen LogP contribution < -0.4 is 5.73 Å². The van der Waals surface area contributed by atoms with Gasteiger partial charge in [-0.1, -0.05) is 5.16 Å².